The predicted molar refractivity (Wildman–Crippen MR) is 121 cm³/mol. The first-order chi connectivity index (χ1) is 14.2. The van der Waals surface area contributed by atoms with Crippen LogP contribution in [-0.4, -0.2) is 39.4 Å². The van der Waals surface area contributed by atoms with E-state index in [-0.39, 0.29) is 17.4 Å². The van der Waals surface area contributed by atoms with Crippen LogP contribution < -0.4 is 5.32 Å². The van der Waals surface area contributed by atoms with E-state index in [1.54, 1.807) is 23.1 Å². The summed E-state index contributed by atoms with van der Waals surface area (Å²) >= 11 is 0. The molecule has 0 aliphatic carbocycles. The van der Waals surface area contributed by atoms with E-state index in [1.165, 1.54) is 0 Å². The number of nitrogens with one attached hydrogen (secondary N) is 1. The number of hydrogen-bond donors (Lipinski definition) is 1. The number of amides is 2. The minimum Gasteiger partial charge on any atom is -0.339 e. The number of rotatable bonds is 5. The second-order valence-electron chi connectivity index (χ2n) is 8.45. The average molecular weight is 407 g/mol. The summed E-state index contributed by atoms with van der Waals surface area (Å²) in [6.07, 6.45) is 1.88. The first kappa shape index (κ1) is 21.6. The largest absolute Gasteiger partial charge is 0.339 e. The van der Waals surface area contributed by atoms with Gasteiger partial charge in [-0.1, -0.05) is 17.7 Å². The third kappa shape index (κ3) is 4.22. The Kier molecular flexibility index (Phi) is 5.97. The van der Waals surface area contributed by atoms with Gasteiger partial charge in [-0.15, -0.1) is 0 Å². The fourth-order valence-corrected chi connectivity index (χ4v) is 3.43. The minimum absolute atomic E-state index is 0.00811. The van der Waals surface area contributed by atoms with Crippen LogP contribution in [0.15, 0.2) is 42.6 Å². The van der Waals surface area contributed by atoms with E-state index >= 15 is 0 Å². The molecule has 0 saturated carbocycles. The van der Waals surface area contributed by atoms with Gasteiger partial charge in [0.15, 0.2) is 0 Å². The Bertz CT molecular complexity index is 1070. The zero-order valence-corrected chi connectivity index (χ0v) is 18.6. The Morgan fingerprint density at radius 2 is 1.67 bits per heavy atom. The molecule has 30 heavy (non-hydrogen) atoms. The van der Waals surface area contributed by atoms with Crippen molar-refractivity contribution in [1.82, 2.24) is 14.5 Å². The number of hydrogen-bond acceptors (Lipinski definition) is 3. The van der Waals surface area contributed by atoms with Crippen LogP contribution in [0.25, 0.3) is 11.0 Å². The third-order valence-electron chi connectivity index (χ3n) is 5.21. The van der Waals surface area contributed by atoms with Crippen LogP contribution in [0.1, 0.15) is 60.9 Å². The summed E-state index contributed by atoms with van der Waals surface area (Å²) in [7, 11) is 0. The summed E-state index contributed by atoms with van der Waals surface area (Å²) in [5, 5.41) is 3.66. The molecule has 6 nitrogen and oxygen atoms in total. The van der Waals surface area contributed by atoms with Crippen molar-refractivity contribution in [1.29, 1.82) is 0 Å². The van der Waals surface area contributed by atoms with E-state index in [9.17, 15) is 9.59 Å². The Hall–Kier alpha value is -3.15. The van der Waals surface area contributed by atoms with Gasteiger partial charge in [-0.2, -0.15) is 0 Å². The van der Waals surface area contributed by atoms with E-state index in [4.69, 9.17) is 4.98 Å². The topological polar surface area (TPSA) is 67.2 Å². The number of carbonyl (C=O) groups is 2. The van der Waals surface area contributed by atoms with Gasteiger partial charge in [0, 0.05) is 35.8 Å². The van der Waals surface area contributed by atoms with Crippen LogP contribution in [-0.2, 0) is 5.54 Å². The van der Waals surface area contributed by atoms with Crippen molar-refractivity contribution in [3.8, 4) is 0 Å². The molecule has 0 unspecified atom stereocenters. The van der Waals surface area contributed by atoms with Crippen LogP contribution >= 0.6 is 0 Å². The van der Waals surface area contributed by atoms with Crippen LogP contribution in [0.3, 0.4) is 0 Å². The Morgan fingerprint density at radius 3 is 2.23 bits per heavy atom. The molecule has 2 heterocycles. The zero-order valence-electron chi connectivity index (χ0n) is 18.6. The fourth-order valence-electron chi connectivity index (χ4n) is 3.43. The van der Waals surface area contributed by atoms with Gasteiger partial charge in [0.25, 0.3) is 11.8 Å². The molecule has 1 N–H and O–H groups in total. The number of aryl methyl sites for hydroxylation is 1. The Labute approximate surface area is 177 Å². The average Bonchev–Trinajstić information content (AvgIpc) is 3.08. The SMILES string of the molecule is CCN(CC)C(=O)c1cn(C(C)(C)C)c2nc(NC(=O)c3ccc(C)cc3)ccc12. The lowest BCUT2D eigenvalue weighted by atomic mass is 10.1. The van der Waals surface area contributed by atoms with Gasteiger partial charge >= 0.3 is 0 Å². The molecule has 0 aliphatic heterocycles. The van der Waals surface area contributed by atoms with Crippen molar-refractivity contribution in [3.63, 3.8) is 0 Å². The number of benzene rings is 1. The molecule has 3 rings (SSSR count). The van der Waals surface area contributed by atoms with Crippen molar-refractivity contribution < 1.29 is 9.59 Å². The molecule has 158 valence electrons. The summed E-state index contributed by atoms with van der Waals surface area (Å²) in [5.74, 6) is 0.236. The molecule has 2 aromatic heterocycles. The van der Waals surface area contributed by atoms with Crippen LogP contribution in [0.4, 0.5) is 5.82 Å². The molecule has 0 saturated heterocycles. The van der Waals surface area contributed by atoms with E-state index in [0.717, 1.165) is 10.9 Å². The molecular weight excluding hydrogens is 376 g/mol. The molecule has 3 aromatic rings. The quantitative estimate of drug-likeness (QED) is 0.660. The van der Waals surface area contributed by atoms with Gasteiger partial charge in [-0.25, -0.2) is 4.98 Å². The number of aromatic nitrogens is 2. The second-order valence-corrected chi connectivity index (χ2v) is 8.45. The van der Waals surface area contributed by atoms with Crippen LogP contribution in [0.2, 0.25) is 0 Å². The smallest absolute Gasteiger partial charge is 0.256 e. The van der Waals surface area contributed by atoms with Gasteiger partial charge in [0.1, 0.15) is 11.5 Å². The molecule has 0 aliphatic rings. The fraction of sp³-hybridized carbons (Fsp3) is 0.375. The van der Waals surface area contributed by atoms with E-state index in [1.807, 2.05) is 49.7 Å². The number of anilines is 1. The Morgan fingerprint density at radius 1 is 1.03 bits per heavy atom. The highest BCUT2D eigenvalue weighted by Gasteiger charge is 2.25. The van der Waals surface area contributed by atoms with Crippen LogP contribution in [0.5, 0.6) is 0 Å². The first-order valence-electron chi connectivity index (χ1n) is 10.4. The third-order valence-corrected chi connectivity index (χ3v) is 5.21. The standard InChI is InChI=1S/C24H30N4O2/c1-7-27(8-2)23(30)19-15-28(24(4,5)6)21-18(19)13-14-20(25-21)26-22(29)17-11-9-16(3)10-12-17/h9-15H,7-8H2,1-6H3,(H,25,26,29). The van der Waals surface area contributed by atoms with Gasteiger partial charge < -0.3 is 14.8 Å². The Balaban J connectivity index is 2.03. The molecule has 1 aromatic carbocycles. The van der Waals surface area contributed by atoms with Gasteiger partial charge in [-0.05, 0) is 65.8 Å². The predicted octanol–water partition coefficient (Wildman–Crippen LogP) is 4.83. The second kappa shape index (κ2) is 8.30. The number of pyridine rings is 1. The molecule has 0 radical (unpaired) electrons. The normalized spacial score (nSPS) is 11.5. The first-order valence-corrected chi connectivity index (χ1v) is 10.4. The zero-order chi connectivity index (χ0) is 22.1. The van der Waals surface area contributed by atoms with E-state index in [2.05, 4.69) is 26.1 Å². The molecule has 0 atom stereocenters. The molecule has 0 fully saturated rings. The molecule has 6 heteroatoms. The summed E-state index contributed by atoms with van der Waals surface area (Å²) in [6, 6.07) is 11.0. The molecule has 0 spiro atoms. The highest BCUT2D eigenvalue weighted by Crippen LogP contribution is 2.28. The van der Waals surface area contributed by atoms with E-state index < -0.39 is 0 Å². The number of fused-ring (bicyclic) bond motifs is 1. The van der Waals surface area contributed by atoms with Gasteiger partial charge in [0.2, 0.25) is 0 Å². The van der Waals surface area contributed by atoms with Crippen molar-refractivity contribution >= 4 is 28.7 Å². The van der Waals surface area contributed by atoms with Crippen molar-refractivity contribution in [2.24, 2.45) is 0 Å². The summed E-state index contributed by atoms with van der Waals surface area (Å²) < 4.78 is 2.00. The van der Waals surface area contributed by atoms with Crippen molar-refractivity contribution in [3.05, 3.63) is 59.3 Å². The maximum Gasteiger partial charge on any atom is 0.256 e. The van der Waals surface area contributed by atoms with E-state index in [0.29, 0.717) is 35.7 Å². The van der Waals surface area contributed by atoms with Gasteiger partial charge in [-0.3, -0.25) is 9.59 Å². The monoisotopic (exact) mass is 406 g/mol. The summed E-state index contributed by atoms with van der Waals surface area (Å²) in [6.45, 7) is 13.4. The summed E-state index contributed by atoms with van der Waals surface area (Å²) in [5.41, 5.74) is 2.71. The molecule has 2 amide bonds. The lowest BCUT2D eigenvalue weighted by Gasteiger charge is -2.22. The lowest BCUT2D eigenvalue weighted by Crippen LogP contribution is -2.30. The highest BCUT2D eigenvalue weighted by molar-refractivity contribution is 6.07. The van der Waals surface area contributed by atoms with Crippen LogP contribution in [0, 0.1) is 6.92 Å². The molecular formula is C24H30N4O2. The number of carbonyl (C=O) groups excluding carboxylic acids is 2. The summed E-state index contributed by atoms with van der Waals surface area (Å²) in [4.78, 5) is 32.2. The minimum atomic E-state index is -0.271. The number of nitrogens with zero attached hydrogens (tertiary/aromatic N) is 3. The highest BCUT2D eigenvalue weighted by atomic mass is 16.2. The van der Waals surface area contributed by atoms with Crippen molar-refractivity contribution in [2.75, 3.05) is 18.4 Å². The van der Waals surface area contributed by atoms with Gasteiger partial charge in [0.05, 0.1) is 5.56 Å². The lowest BCUT2D eigenvalue weighted by molar-refractivity contribution is 0.0774. The maximum absolute atomic E-state index is 13.1. The maximum atomic E-state index is 13.1. The van der Waals surface area contributed by atoms with Crippen molar-refractivity contribution in [2.45, 2.75) is 47.1 Å². The molecule has 0 bridgehead atoms.